The van der Waals surface area contributed by atoms with Gasteiger partial charge in [0, 0.05) is 5.56 Å². The van der Waals surface area contributed by atoms with Crippen LogP contribution in [-0.2, 0) is 0 Å². The zero-order valence-electron chi connectivity index (χ0n) is 12.7. The van der Waals surface area contributed by atoms with E-state index in [4.69, 9.17) is 4.74 Å². The first-order valence-electron chi connectivity index (χ1n) is 7.11. The first-order chi connectivity index (χ1) is 9.61. The van der Waals surface area contributed by atoms with Gasteiger partial charge in [-0.05, 0) is 39.4 Å². The first kappa shape index (κ1) is 14.6. The average molecular weight is 269 g/mol. The minimum atomic E-state index is 0.144. The number of hydrogen-bond donors (Lipinski definition) is 1. The van der Waals surface area contributed by atoms with Gasteiger partial charge >= 0.3 is 0 Å². The van der Waals surface area contributed by atoms with E-state index in [1.807, 2.05) is 19.2 Å². The molecule has 1 N–H and O–H groups in total. The second-order valence-corrected chi connectivity index (χ2v) is 5.34. The Balaban J connectivity index is 2.38. The minimum Gasteiger partial charge on any atom is -0.491 e. The van der Waals surface area contributed by atoms with E-state index in [9.17, 15) is 0 Å². The summed E-state index contributed by atoms with van der Waals surface area (Å²) < 4.78 is 5.93. The lowest BCUT2D eigenvalue weighted by molar-refractivity contribution is 0.238. The molecule has 2 rings (SSSR count). The Morgan fingerprint density at radius 1 is 0.950 bits per heavy atom. The standard InChI is InChI=1S/C18H23NO/c1-13(2)20-17-8-6-5-7-16(17)18(19-4)15-11-9-14(3)10-12-15/h5-13,18-19H,1-4H3. The molecule has 0 saturated heterocycles. The number of hydrogen-bond acceptors (Lipinski definition) is 2. The van der Waals surface area contributed by atoms with Crippen molar-refractivity contribution < 1.29 is 4.74 Å². The normalized spacial score (nSPS) is 12.4. The second-order valence-electron chi connectivity index (χ2n) is 5.34. The van der Waals surface area contributed by atoms with Gasteiger partial charge < -0.3 is 10.1 Å². The van der Waals surface area contributed by atoms with Crippen LogP contribution in [0, 0.1) is 6.92 Å². The van der Waals surface area contributed by atoms with Crippen molar-refractivity contribution >= 4 is 0 Å². The van der Waals surface area contributed by atoms with Gasteiger partial charge in [-0.15, -0.1) is 0 Å². The van der Waals surface area contributed by atoms with Crippen molar-refractivity contribution in [2.24, 2.45) is 0 Å². The molecule has 1 atom stereocenters. The maximum Gasteiger partial charge on any atom is 0.124 e. The van der Waals surface area contributed by atoms with Gasteiger partial charge in [0.25, 0.3) is 0 Å². The fourth-order valence-electron chi connectivity index (χ4n) is 2.34. The van der Waals surface area contributed by atoms with Crippen LogP contribution in [0.3, 0.4) is 0 Å². The van der Waals surface area contributed by atoms with E-state index in [2.05, 4.69) is 62.5 Å². The van der Waals surface area contributed by atoms with Crippen LogP contribution in [0.15, 0.2) is 48.5 Å². The maximum absolute atomic E-state index is 5.93. The number of ether oxygens (including phenoxy) is 1. The molecule has 0 saturated carbocycles. The van der Waals surface area contributed by atoms with Gasteiger partial charge in [-0.3, -0.25) is 0 Å². The molecular formula is C18H23NO. The van der Waals surface area contributed by atoms with Crippen molar-refractivity contribution in [2.75, 3.05) is 7.05 Å². The van der Waals surface area contributed by atoms with Gasteiger partial charge in [0.2, 0.25) is 0 Å². The molecule has 0 radical (unpaired) electrons. The Labute approximate surface area is 121 Å². The van der Waals surface area contributed by atoms with E-state index in [0.29, 0.717) is 0 Å². The van der Waals surface area contributed by atoms with E-state index < -0.39 is 0 Å². The predicted molar refractivity (Wildman–Crippen MR) is 84.3 cm³/mol. The lowest BCUT2D eigenvalue weighted by Crippen LogP contribution is -2.19. The third-order valence-electron chi connectivity index (χ3n) is 3.29. The highest BCUT2D eigenvalue weighted by Gasteiger charge is 2.16. The molecule has 0 aliphatic heterocycles. The predicted octanol–water partition coefficient (Wildman–Crippen LogP) is 4.09. The van der Waals surface area contributed by atoms with Crippen molar-refractivity contribution in [3.8, 4) is 5.75 Å². The number of aryl methyl sites for hydroxylation is 1. The van der Waals surface area contributed by atoms with Gasteiger partial charge in [-0.25, -0.2) is 0 Å². The average Bonchev–Trinajstić information content (AvgIpc) is 2.43. The first-order valence-corrected chi connectivity index (χ1v) is 7.11. The summed E-state index contributed by atoms with van der Waals surface area (Å²) in [5.74, 6) is 0.947. The fraction of sp³-hybridized carbons (Fsp3) is 0.333. The zero-order valence-corrected chi connectivity index (χ0v) is 12.7. The summed E-state index contributed by atoms with van der Waals surface area (Å²) in [6, 6.07) is 17.0. The maximum atomic E-state index is 5.93. The number of benzene rings is 2. The highest BCUT2D eigenvalue weighted by molar-refractivity contribution is 5.42. The molecule has 2 heteroatoms. The summed E-state index contributed by atoms with van der Waals surface area (Å²) in [6.45, 7) is 6.21. The molecule has 0 aromatic heterocycles. The molecular weight excluding hydrogens is 246 g/mol. The van der Waals surface area contributed by atoms with Crippen LogP contribution in [0.5, 0.6) is 5.75 Å². The van der Waals surface area contributed by atoms with Crippen LogP contribution >= 0.6 is 0 Å². The van der Waals surface area contributed by atoms with Crippen LogP contribution in [-0.4, -0.2) is 13.2 Å². The van der Waals surface area contributed by atoms with E-state index >= 15 is 0 Å². The quantitative estimate of drug-likeness (QED) is 0.882. The van der Waals surface area contributed by atoms with Gasteiger partial charge in [-0.1, -0.05) is 48.0 Å². The van der Waals surface area contributed by atoms with E-state index in [1.54, 1.807) is 0 Å². The van der Waals surface area contributed by atoms with Crippen molar-refractivity contribution in [1.82, 2.24) is 5.32 Å². The SMILES string of the molecule is CNC(c1ccc(C)cc1)c1ccccc1OC(C)C. The lowest BCUT2D eigenvalue weighted by Gasteiger charge is -2.22. The highest BCUT2D eigenvalue weighted by Crippen LogP contribution is 2.30. The molecule has 0 heterocycles. The van der Waals surface area contributed by atoms with Crippen LogP contribution in [0.4, 0.5) is 0 Å². The molecule has 2 nitrogen and oxygen atoms in total. The molecule has 0 bridgehead atoms. The van der Waals surface area contributed by atoms with Gasteiger partial charge in [0.05, 0.1) is 12.1 Å². The van der Waals surface area contributed by atoms with Crippen LogP contribution in [0.1, 0.15) is 36.6 Å². The van der Waals surface area contributed by atoms with Gasteiger partial charge in [-0.2, -0.15) is 0 Å². The molecule has 106 valence electrons. The van der Waals surface area contributed by atoms with Gasteiger partial charge in [0.15, 0.2) is 0 Å². The lowest BCUT2D eigenvalue weighted by atomic mass is 9.97. The summed E-state index contributed by atoms with van der Waals surface area (Å²) in [4.78, 5) is 0. The van der Waals surface area contributed by atoms with Crippen LogP contribution < -0.4 is 10.1 Å². The van der Waals surface area contributed by atoms with E-state index in [1.165, 1.54) is 16.7 Å². The number of rotatable bonds is 5. The Morgan fingerprint density at radius 2 is 1.60 bits per heavy atom. The Kier molecular flexibility index (Phi) is 4.80. The molecule has 2 aromatic carbocycles. The monoisotopic (exact) mass is 269 g/mol. The molecule has 0 aliphatic carbocycles. The van der Waals surface area contributed by atoms with Crippen molar-refractivity contribution in [3.63, 3.8) is 0 Å². The Bertz CT molecular complexity index is 546. The van der Waals surface area contributed by atoms with Crippen molar-refractivity contribution in [3.05, 3.63) is 65.2 Å². The third kappa shape index (κ3) is 3.40. The fourth-order valence-corrected chi connectivity index (χ4v) is 2.34. The molecule has 0 amide bonds. The summed E-state index contributed by atoms with van der Waals surface area (Å²) in [6.07, 6.45) is 0.173. The second kappa shape index (κ2) is 6.58. The van der Waals surface area contributed by atoms with E-state index in [-0.39, 0.29) is 12.1 Å². The van der Waals surface area contributed by atoms with Gasteiger partial charge in [0.1, 0.15) is 5.75 Å². The highest BCUT2D eigenvalue weighted by atomic mass is 16.5. The summed E-state index contributed by atoms with van der Waals surface area (Å²) >= 11 is 0. The van der Waals surface area contributed by atoms with Crippen LogP contribution in [0.25, 0.3) is 0 Å². The minimum absolute atomic E-state index is 0.144. The summed E-state index contributed by atoms with van der Waals surface area (Å²) in [5, 5.41) is 3.39. The molecule has 20 heavy (non-hydrogen) atoms. The molecule has 0 aliphatic rings. The van der Waals surface area contributed by atoms with E-state index in [0.717, 1.165) is 5.75 Å². The zero-order chi connectivity index (χ0) is 14.5. The summed E-state index contributed by atoms with van der Waals surface area (Å²) in [7, 11) is 1.98. The molecule has 0 fully saturated rings. The largest absolute Gasteiger partial charge is 0.491 e. The Morgan fingerprint density at radius 3 is 2.20 bits per heavy atom. The number of nitrogens with one attached hydrogen (secondary N) is 1. The summed E-state index contributed by atoms with van der Waals surface area (Å²) in [5.41, 5.74) is 3.70. The Hall–Kier alpha value is -1.80. The number of para-hydroxylation sites is 1. The topological polar surface area (TPSA) is 21.3 Å². The smallest absolute Gasteiger partial charge is 0.124 e. The van der Waals surface area contributed by atoms with Crippen molar-refractivity contribution in [1.29, 1.82) is 0 Å². The van der Waals surface area contributed by atoms with Crippen molar-refractivity contribution in [2.45, 2.75) is 32.9 Å². The molecule has 2 aromatic rings. The molecule has 0 spiro atoms. The molecule has 1 unspecified atom stereocenters. The van der Waals surface area contributed by atoms with Crippen LogP contribution in [0.2, 0.25) is 0 Å². The third-order valence-corrected chi connectivity index (χ3v) is 3.29.